The van der Waals surface area contributed by atoms with Gasteiger partial charge in [-0.25, -0.2) is 4.39 Å². The molecule has 2 aromatic carbocycles. The molecule has 0 saturated heterocycles. The molecule has 0 spiro atoms. The first-order valence-corrected chi connectivity index (χ1v) is 8.03. The van der Waals surface area contributed by atoms with Gasteiger partial charge >= 0.3 is 0 Å². The summed E-state index contributed by atoms with van der Waals surface area (Å²) in [4.78, 5) is 12.0. The van der Waals surface area contributed by atoms with Gasteiger partial charge in [-0.2, -0.15) is 5.26 Å². The molecule has 0 bridgehead atoms. The predicted octanol–water partition coefficient (Wildman–Crippen LogP) is 3.77. The van der Waals surface area contributed by atoms with Gasteiger partial charge in [-0.3, -0.25) is 4.79 Å². The van der Waals surface area contributed by atoms with Gasteiger partial charge in [0.15, 0.2) is 0 Å². The van der Waals surface area contributed by atoms with Crippen LogP contribution in [0.15, 0.2) is 64.8 Å². The lowest BCUT2D eigenvalue weighted by molar-refractivity contribution is -0.112. The average molecular weight is 388 g/mol. The van der Waals surface area contributed by atoms with Crippen molar-refractivity contribution in [3.8, 4) is 6.07 Å². The van der Waals surface area contributed by atoms with Gasteiger partial charge in [0.05, 0.1) is 0 Å². The van der Waals surface area contributed by atoms with Crippen LogP contribution in [0.1, 0.15) is 5.56 Å². The standard InChI is InChI=1S/C18H15BrFN3O/c19-15-3-7-17(8-4-15)23-18(24)14(11-21)12-22-10-9-13-1-5-16(20)6-2-13/h1-8,12,22H,9-10H2,(H,23,24)/b14-12-. The maximum atomic E-state index is 12.8. The average Bonchev–Trinajstić information content (AvgIpc) is 2.58. The number of nitrogens with zero attached hydrogens (tertiary/aromatic N) is 1. The SMILES string of the molecule is N#C/C(=C/NCCc1ccc(F)cc1)C(=O)Nc1ccc(Br)cc1. The fourth-order valence-corrected chi connectivity index (χ4v) is 2.19. The Hall–Kier alpha value is -2.65. The number of nitrogens with one attached hydrogen (secondary N) is 2. The maximum Gasteiger partial charge on any atom is 0.267 e. The minimum Gasteiger partial charge on any atom is -0.389 e. The molecule has 4 nitrogen and oxygen atoms in total. The molecule has 0 unspecified atom stereocenters. The zero-order valence-electron chi connectivity index (χ0n) is 12.7. The van der Waals surface area contributed by atoms with Gasteiger partial charge in [-0.1, -0.05) is 28.1 Å². The topological polar surface area (TPSA) is 64.9 Å². The molecule has 1 amide bonds. The Morgan fingerprint density at radius 2 is 1.83 bits per heavy atom. The van der Waals surface area contributed by atoms with Crippen LogP contribution in [-0.4, -0.2) is 12.5 Å². The van der Waals surface area contributed by atoms with Crippen molar-refractivity contribution >= 4 is 27.5 Å². The molecule has 0 aromatic heterocycles. The van der Waals surface area contributed by atoms with Gasteiger partial charge in [-0.05, 0) is 48.4 Å². The number of hydrogen-bond acceptors (Lipinski definition) is 3. The zero-order chi connectivity index (χ0) is 17.4. The molecule has 0 radical (unpaired) electrons. The highest BCUT2D eigenvalue weighted by atomic mass is 79.9. The van der Waals surface area contributed by atoms with Crippen LogP contribution >= 0.6 is 15.9 Å². The van der Waals surface area contributed by atoms with Gasteiger partial charge in [0.2, 0.25) is 0 Å². The van der Waals surface area contributed by atoms with E-state index in [-0.39, 0.29) is 11.4 Å². The minimum absolute atomic E-state index is 0.0166. The van der Waals surface area contributed by atoms with E-state index in [4.69, 9.17) is 5.26 Å². The minimum atomic E-state index is -0.478. The highest BCUT2D eigenvalue weighted by Gasteiger charge is 2.08. The van der Waals surface area contributed by atoms with Crippen LogP contribution in [0.5, 0.6) is 0 Å². The Kier molecular flexibility index (Phi) is 6.52. The van der Waals surface area contributed by atoms with E-state index in [2.05, 4.69) is 26.6 Å². The highest BCUT2D eigenvalue weighted by Crippen LogP contribution is 2.14. The molecule has 0 aliphatic rings. The summed E-state index contributed by atoms with van der Waals surface area (Å²) in [5, 5.41) is 14.7. The van der Waals surface area contributed by atoms with Crippen molar-refractivity contribution in [2.75, 3.05) is 11.9 Å². The second kappa shape index (κ2) is 8.85. The summed E-state index contributed by atoms with van der Waals surface area (Å²) in [5.41, 5.74) is 1.56. The van der Waals surface area contributed by atoms with Crippen molar-refractivity contribution in [2.45, 2.75) is 6.42 Å². The third kappa shape index (κ3) is 5.52. The summed E-state index contributed by atoms with van der Waals surface area (Å²) in [6.07, 6.45) is 2.04. The van der Waals surface area contributed by atoms with E-state index in [0.717, 1.165) is 10.0 Å². The number of carbonyl (C=O) groups excluding carboxylic acids is 1. The lowest BCUT2D eigenvalue weighted by atomic mass is 10.1. The quantitative estimate of drug-likeness (QED) is 0.450. The number of benzene rings is 2. The number of nitriles is 1. The summed E-state index contributed by atoms with van der Waals surface area (Å²) in [6, 6.07) is 15.1. The summed E-state index contributed by atoms with van der Waals surface area (Å²) >= 11 is 3.31. The number of carbonyl (C=O) groups is 1. The Morgan fingerprint density at radius 1 is 1.17 bits per heavy atom. The van der Waals surface area contributed by atoms with Gasteiger partial charge < -0.3 is 10.6 Å². The molecule has 24 heavy (non-hydrogen) atoms. The van der Waals surface area contributed by atoms with E-state index in [1.165, 1.54) is 18.3 Å². The molecule has 0 aliphatic carbocycles. The van der Waals surface area contributed by atoms with Crippen LogP contribution in [-0.2, 0) is 11.2 Å². The summed E-state index contributed by atoms with van der Waals surface area (Å²) in [6.45, 7) is 0.530. The molecule has 2 rings (SSSR count). The number of hydrogen-bond donors (Lipinski definition) is 2. The van der Waals surface area contributed by atoms with Crippen LogP contribution in [0, 0.1) is 17.1 Å². The van der Waals surface area contributed by atoms with Crippen molar-refractivity contribution in [3.63, 3.8) is 0 Å². The van der Waals surface area contributed by atoms with E-state index in [1.807, 2.05) is 6.07 Å². The highest BCUT2D eigenvalue weighted by molar-refractivity contribution is 9.10. The van der Waals surface area contributed by atoms with Gasteiger partial charge in [0.1, 0.15) is 17.5 Å². The van der Waals surface area contributed by atoms with Crippen LogP contribution < -0.4 is 10.6 Å². The molecule has 0 saturated carbocycles. The monoisotopic (exact) mass is 387 g/mol. The Bertz CT molecular complexity index is 764. The Balaban J connectivity index is 1.86. The predicted molar refractivity (Wildman–Crippen MR) is 94.6 cm³/mol. The van der Waals surface area contributed by atoms with Crippen molar-refractivity contribution in [1.29, 1.82) is 5.26 Å². The smallest absolute Gasteiger partial charge is 0.267 e. The number of rotatable bonds is 6. The van der Waals surface area contributed by atoms with E-state index in [1.54, 1.807) is 36.4 Å². The number of halogens is 2. The van der Waals surface area contributed by atoms with E-state index < -0.39 is 5.91 Å². The molecule has 0 heterocycles. The van der Waals surface area contributed by atoms with Crippen molar-refractivity contribution in [3.05, 3.63) is 76.2 Å². The first-order chi connectivity index (χ1) is 11.6. The molecular weight excluding hydrogens is 373 g/mol. The fourth-order valence-electron chi connectivity index (χ4n) is 1.92. The van der Waals surface area contributed by atoms with E-state index in [9.17, 15) is 9.18 Å². The van der Waals surface area contributed by atoms with Crippen molar-refractivity contribution in [1.82, 2.24) is 5.32 Å². The largest absolute Gasteiger partial charge is 0.389 e. The summed E-state index contributed by atoms with van der Waals surface area (Å²) < 4.78 is 13.7. The van der Waals surface area contributed by atoms with Gasteiger partial charge in [0, 0.05) is 22.9 Å². The third-order valence-corrected chi connectivity index (χ3v) is 3.71. The molecule has 0 aliphatic heterocycles. The second-order valence-electron chi connectivity index (χ2n) is 4.96. The van der Waals surface area contributed by atoms with Crippen molar-refractivity contribution < 1.29 is 9.18 Å². The normalized spacial score (nSPS) is 10.8. The number of amides is 1. The Labute approximate surface area is 148 Å². The van der Waals surface area contributed by atoms with Gasteiger partial charge in [0.25, 0.3) is 5.91 Å². The first-order valence-electron chi connectivity index (χ1n) is 7.23. The van der Waals surface area contributed by atoms with Crippen LogP contribution in [0.4, 0.5) is 10.1 Å². The molecule has 6 heteroatoms. The molecule has 0 atom stereocenters. The van der Waals surface area contributed by atoms with Crippen LogP contribution in [0.2, 0.25) is 0 Å². The molecule has 2 N–H and O–H groups in total. The van der Waals surface area contributed by atoms with Crippen LogP contribution in [0.25, 0.3) is 0 Å². The van der Waals surface area contributed by atoms with E-state index in [0.29, 0.717) is 18.7 Å². The second-order valence-corrected chi connectivity index (χ2v) is 5.88. The summed E-state index contributed by atoms with van der Waals surface area (Å²) in [5.74, 6) is -0.753. The van der Waals surface area contributed by atoms with Crippen molar-refractivity contribution in [2.24, 2.45) is 0 Å². The molecule has 122 valence electrons. The van der Waals surface area contributed by atoms with Crippen LogP contribution in [0.3, 0.4) is 0 Å². The zero-order valence-corrected chi connectivity index (χ0v) is 14.3. The van der Waals surface area contributed by atoms with Gasteiger partial charge in [-0.15, -0.1) is 0 Å². The molecule has 0 fully saturated rings. The molecular formula is C18H15BrFN3O. The maximum absolute atomic E-state index is 12.8. The summed E-state index contributed by atoms with van der Waals surface area (Å²) in [7, 11) is 0. The fraction of sp³-hybridized carbons (Fsp3) is 0.111. The number of anilines is 1. The molecule has 2 aromatic rings. The third-order valence-electron chi connectivity index (χ3n) is 3.18. The first kappa shape index (κ1) is 17.7. The Morgan fingerprint density at radius 3 is 2.46 bits per heavy atom. The van der Waals surface area contributed by atoms with E-state index >= 15 is 0 Å². The lowest BCUT2D eigenvalue weighted by Crippen LogP contribution is -2.18. The lowest BCUT2D eigenvalue weighted by Gasteiger charge is -2.05.